The molecule has 1 aliphatic heterocycles. The van der Waals surface area contributed by atoms with Gasteiger partial charge in [0.05, 0.1) is 12.1 Å². The van der Waals surface area contributed by atoms with Crippen LogP contribution in [0.25, 0.3) is 0 Å². The number of likely N-dealkylation sites (tertiary alicyclic amines) is 1. The Kier molecular flexibility index (Phi) is 6.39. The first-order valence-corrected chi connectivity index (χ1v) is 6.53. The Labute approximate surface area is 124 Å². The number of hydrogen-bond acceptors (Lipinski definition) is 3. The van der Waals surface area contributed by atoms with Crippen LogP contribution >= 0.6 is 12.4 Å². The predicted molar refractivity (Wildman–Crippen MR) is 77.1 cm³/mol. The maximum absolute atomic E-state index is 12.8. The van der Waals surface area contributed by atoms with Crippen molar-refractivity contribution in [2.45, 2.75) is 31.4 Å². The van der Waals surface area contributed by atoms with Gasteiger partial charge in [-0.1, -0.05) is 12.1 Å². The van der Waals surface area contributed by atoms with Crippen molar-refractivity contribution in [1.82, 2.24) is 4.90 Å². The second-order valence-corrected chi connectivity index (χ2v) is 4.99. The molecule has 3 N–H and O–H groups in total. The molecule has 0 radical (unpaired) electrons. The van der Waals surface area contributed by atoms with Crippen molar-refractivity contribution in [3.63, 3.8) is 0 Å². The monoisotopic (exact) mass is 302 g/mol. The average Bonchev–Trinajstić information content (AvgIpc) is 2.41. The minimum absolute atomic E-state index is 0. The molecule has 1 heterocycles. The maximum Gasteiger partial charge on any atom is 0.239 e. The van der Waals surface area contributed by atoms with Crippen LogP contribution in [-0.4, -0.2) is 41.1 Å². The van der Waals surface area contributed by atoms with E-state index in [9.17, 15) is 14.3 Å². The van der Waals surface area contributed by atoms with E-state index in [-0.39, 0.29) is 30.2 Å². The van der Waals surface area contributed by atoms with Gasteiger partial charge in [0.1, 0.15) is 5.82 Å². The molecule has 6 heteroatoms. The number of benzene rings is 1. The van der Waals surface area contributed by atoms with E-state index in [1.54, 1.807) is 17.0 Å². The number of piperidine rings is 1. The maximum atomic E-state index is 12.8. The van der Waals surface area contributed by atoms with Gasteiger partial charge in [-0.05, 0) is 37.0 Å². The Hall–Kier alpha value is -1.17. The SMILES string of the molecule is Cl.N[C@H](Cc1ccc(F)cc1)C(=O)N1CCC(O)CC1. The van der Waals surface area contributed by atoms with E-state index < -0.39 is 6.04 Å². The van der Waals surface area contributed by atoms with Gasteiger partial charge in [-0.3, -0.25) is 4.79 Å². The lowest BCUT2D eigenvalue weighted by Crippen LogP contribution is -2.48. The lowest BCUT2D eigenvalue weighted by Gasteiger charge is -2.31. The molecule has 2 rings (SSSR count). The summed E-state index contributed by atoms with van der Waals surface area (Å²) in [6.07, 6.45) is 1.31. The minimum atomic E-state index is -0.610. The molecule has 1 aliphatic rings. The molecular formula is C14H20ClFN2O2. The summed E-state index contributed by atoms with van der Waals surface area (Å²) in [6, 6.07) is 5.40. The average molecular weight is 303 g/mol. The number of rotatable bonds is 3. The zero-order chi connectivity index (χ0) is 13.8. The quantitative estimate of drug-likeness (QED) is 0.879. The van der Waals surface area contributed by atoms with Crippen molar-refractivity contribution in [2.24, 2.45) is 5.73 Å². The van der Waals surface area contributed by atoms with E-state index in [1.165, 1.54) is 12.1 Å². The van der Waals surface area contributed by atoms with Crippen LogP contribution in [0.4, 0.5) is 4.39 Å². The summed E-state index contributed by atoms with van der Waals surface area (Å²) < 4.78 is 12.8. The fourth-order valence-electron chi connectivity index (χ4n) is 2.28. The second-order valence-electron chi connectivity index (χ2n) is 4.99. The number of aliphatic hydroxyl groups excluding tert-OH is 1. The van der Waals surface area contributed by atoms with Gasteiger partial charge in [-0.2, -0.15) is 0 Å². The number of carbonyl (C=O) groups excluding carboxylic acids is 1. The molecule has 4 nitrogen and oxygen atoms in total. The summed E-state index contributed by atoms with van der Waals surface area (Å²) in [6.45, 7) is 1.11. The van der Waals surface area contributed by atoms with Crippen molar-refractivity contribution in [2.75, 3.05) is 13.1 Å². The molecule has 0 unspecified atom stereocenters. The fourth-order valence-corrected chi connectivity index (χ4v) is 2.28. The highest BCUT2D eigenvalue weighted by atomic mass is 35.5. The van der Waals surface area contributed by atoms with Crippen molar-refractivity contribution < 1.29 is 14.3 Å². The summed E-state index contributed by atoms with van der Waals surface area (Å²) in [5.41, 5.74) is 6.75. The first-order chi connectivity index (χ1) is 9.06. The number of amides is 1. The van der Waals surface area contributed by atoms with Crippen LogP contribution in [0.2, 0.25) is 0 Å². The minimum Gasteiger partial charge on any atom is -0.393 e. The lowest BCUT2D eigenvalue weighted by molar-refractivity contribution is -0.134. The number of aliphatic hydroxyl groups is 1. The van der Waals surface area contributed by atoms with Crippen molar-refractivity contribution in [1.29, 1.82) is 0 Å². The molecule has 1 saturated heterocycles. The highest BCUT2D eigenvalue weighted by Gasteiger charge is 2.25. The Balaban J connectivity index is 0.00000200. The van der Waals surface area contributed by atoms with Crippen LogP contribution < -0.4 is 5.73 Å². The standard InChI is InChI=1S/C14H19FN2O2.ClH/c15-11-3-1-10(2-4-11)9-13(16)14(19)17-7-5-12(18)6-8-17;/h1-4,12-13,18H,5-9,16H2;1H/t13-;/m1./s1. The Bertz CT molecular complexity index is 433. The Morgan fingerprint density at radius 3 is 2.45 bits per heavy atom. The van der Waals surface area contributed by atoms with Crippen LogP contribution in [0, 0.1) is 5.82 Å². The van der Waals surface area contributed by atoms with Gasteiger partial charge in [0.25, 0.3) is 0 Å². The first kappa shape index (κ1) is 16.9. The van der Waals surface area contributed by atoms with Crippen LogP contribution in [0.1, 0.15) is 18.4 Å². The van der Waals surface area contributed by atoms with Crippen LogP contribution in [0.3, 0.4) is 0 Å². The second kappa shape index (κ2) is 7.57. The fraction of sp³-hybridized carbons (Fsp3) is 0.500. The molecule has 0 aliphatic carbocycles. The van der Waals surface area contributed by atoms with E-state index in [1.807, 2.05) is 0 Å². The molecule has 1 fully saturated rings. The van der Waals surface area contributed by atoms with Gasteiger partial charge in [-0.15, -0.1) is 12.4 Å². The molecule has 0 aromatic heterocycles. The van der Waals surface area contributed by atoms with Gasteiger partial charge >= 0.3 is 0 Å². The van der Waals surface area contributed by atoms with Gasteiger partial charge in [-0.25, -0.2) is 4.39 Å². The molecule has 1 atom stereocenters. The first-order valence-electron chi connectivity index (χ1n) is 6.53. The summed E-state index contributed by atoms with van der Waals surface area (Å²) in [5, 5.41) is 9.40. The van der Waals surface area contributed by atoms with Crippen molar-refractivity contribution >= 4 is 18.3 Å². The largest absolute Gasteiger partial charge is 0.393 e. The van der Waals surface area contributed by atoms with E-state index in [0.29, 0.717) is 32.4 Å². The molecule has 1 amide bonds. The number of halogens is 2. The van der Waals surface area contributed by atoms with Gasteiger partial charge in [0.15, 0.2) is 0 Å². The third-order valence-electron chi connectivity index (χ3n) is 3.46. The van der Waals surface area contributed by atoms with Gasteiger partial charge in [0, 0.05) is 13.1 Å². The number of hydrogen-bond donors (Lipinski definition) is 2. The third-order valence-corrected chi connectivity index (χ3v) is 3.46. The molecule has 112 valence electrons. The van der Waals surface area contributed by atoms with Gasteiger partial charge in [0.2, 0.25) is 5.91 Å². The smallest absolute Gasteiger partial charge is 0.239 e. The highest BCUT2D eigenvalue weighted by molar-refractivity contribution is 5.85. The molecule has 0 spiro atoms. The number of nitrogens with two attached hydrogens (primary N) is 1. The van der Waals surface area contributed by atoms with E-state index >= 15 is 0 Å². The summed E-state index contributed by atoms with van der Waals surface area (Å²) >= 11 is 0. The molecular weight excluding hydrogens is 283 g/mol. The predicted octanol–water partition coefficient (Wildman–Crippen LogP) is 1.10. The molecule has 20 heavy (non-hydrogen) atoms. The summed E-state index contributed by atoms with van der Waals surface area (Å²) in [5.74, 6) is -0.398. The highest BCUT2D eigenvalue weighted by Crippen LogP contribution is 2.12. The topological polar surface area (TPSA) is 66.6 Å². The van der Waals surface area contributed by atoms with Crippen molar-refractivity contribution in [3.05, 3.63) is 35.6 Å². The van der Waals surface area contributed by atoms with Crippen molar-refractivity contribution in [3.8, 4) is 0 Å². The zero-order valence-electron chi connectivity index (χ0n) is 11.2. The van der Waals surface area contributed by atoms with Gasteiger partial charge < -0.3 is 15.7 Å². The molecule has 0 saturated carbocycles. The summed E-state index contributed by atoms with van der Waals surface area (Å²) in [7, 11) is 0. The molecule has 1 aromatic carbocycles. The molecule has 1 aromatic rings. The Morgan fingerprint density at radius 1 is 1.35 bits per heavy atom. The number of nitrogens with zero attached hydrogens (tertiary/aromatic N) is 1. The normalized spacial score (nSPS) is 17.4. The number of carbonyl (C=O) groups is 1. The van der Waals surface area contributed by atoms with E-state index in [0.717, 1.165) is 5.56 Å². The van der Waals surface area contributed by atoms with E-state index in [2.05, 4.69) is 0 Å². The van der Waals surface area contributed by atoms with E-state index in [4.69, 9.17) is 5.73 Å². The molecule has 0 bridgehead atoms. The van der Waals surface area contributed by atoms with Crippen LogP contribution in [0.15, 0.2) is 24.3 Å². The lowest BCUT2D eigenvalue weighted by atomic mass is 10.0. The zero-order valence-corrected chi connectivity index (χ0v) is 12.0. The Morgan fingerprint density at radius 2 is 1.90 bits per heavy atom. The summed E-state index contributed by atoms with van der Waals surface area (Å²) in [4.78, 5) is 13.8. The van der Waals surface area contributed by atoms with Crippen LogP contribution in [0.5, 0.6) is 0 Å². The van der Waals surface area contributed by atoms with Crippen LogP contribution in [-0.2, 0) is 11.2 Å². The third kappa shape index (κ3) is 4.44.